The Labute approximate surface area is 178 Å². The maximum absolute atomic E-state index is 12.8. The van der Waals surface area contributed by atoms with Crippen LogP contribution < -0.4 is 15.2 Å². The minimum absolute atomic E-state index is 0.0308. The average molecular weight is 454 g/mol. The molecule has 0 aliphatic heterocycles. The van der Waals surface area contributed by atoms with Gasteiger partial charge in [-0.2, -0.15) is 0 Å². The van der Waals surface area contributed by atoms with E-state index in [9.17, 15) is 21.6 Å². The number of primary sulfonamides is 1. The molecule has 0 aliphatic carbocycles. The highest BCUT2D eigenvalue weighted by Gasteiger charge is 2.23. The second kappa shape index (κ2) is 8.84. The van der Waals surface area contributed by atoms with Crippen molar-refractivity contribution in [1.82, 2.24) is 10.0 Å². The van der Waals surface area contributed by atoms with E-state index in [1.54, 1.807) is 20.8 Å². The summed E-state index contributed by atoms with van der Waals surface area (Å²) in [5.74, 6) is -0.513. The number of carbonyl (C=O) groups excluding carboxylic acids is 1. The van der Waals surface area contributed by atoms with Gasteiger partial charge in [0.15, 0.2) is 0 Å². The number of benzene rings is 2. The van der Waals surface area contributed by atoms with Crippen LogP contribution in [0.25, 0.3) is 0 Å². The molecule has 4 N–H and O–H groups in total. The monoisotopic (exact) mass is 453 g/mol. The zero-order valence-corrected chi connectivity index (χ0v) is 19.2. The van der Waals surface area contributed by atoms with Crippen molar-refractivity contribution in [1.29, 1.82) is 0 Å². The van der Waals surface area contributed by atoms with Gasteiger partial charge in [-0.05, 0) is 74.6 Å². The molecule has 0 aliphatic rings. The number of rotatable bonds is 7. The fraction of sp³-hybridized carbons (Fsp3) is 0.350. The fourth-order valence-electron chi connectivity index (χ4n) is 3.14. The second-order valence-electron chi connectivity index (χ2n) is 7.32. The Morgan fingerprint density at radius 2 is 1.47 bits per heavy atom. The van der Waals surface area contributed by atoms with Crippen molar-refractivity contribution in [2.24, 2.45) is 5.14 Å². The molecule has 0 heterocycles. The van der Waals surface area contributed by atoms with Gasteiger partial charge in [-0.25, -0.2) is 26.7 Å². The summed E-state index contributed by atoms with van der Waals surface area (Å²) in [6.07, 6.45) is 0. The van der Waals surface area contributed by atoms with Crippen LogP contribution in [0.1, 0.15) is 40.8 Å². The average Bonchev–Trinajstić information content (AvgIpc) is 2.64. The highest BCUT2D eigenvalue weighted by atomic mass is 32.2. The number of hydrogen-bond acceptors (Lipinski definition) is 5. The van der Waals surface area contributed by atoms with Gasteiger partial charge in [0.25, 0.3) is 0 Å². The van der Waals surface area contributed by atoms with Crippen LogP contribution in [-0.4, -0.2) is 29.3 Å². The summed E-state index contributed by atoms with van der Waals surface area (Å²) < 4.78 is 50.6. The first-order valence-corrected chi connectivity index (χ1v) is 12.3. The Morgan fingerprint density at radius 3 is 1.93 bits per heavy atom. The van der Waals surface area contributed by atoms with Gasteiger partial charge in [0.2, 0.25) is 26.0 Å². The molecule has 1 atom stereocenters. The Morgan fingerprint density at radius 1 is 0.967 bits per heavy atom. The molecule has 0 unspecified atom stereocenters. The lowest BCUT2D eigenvalue weighted by Gasteiger charge is -2.17. The van der Waals surface area contributed by atoms with E-state index in [4.69, 9.17) is 5.14 Å². The maximum Gasteiger partial charge on any atom is 0.241 e. The van der Waals surface area contributed by atoms with Crippen LogP contribution >= 0.6 is 0 Å². The SMILES string of the molecule is Cc1cc(C)c(C)c(S(=O)(=O)NCC(=O)N[C@@H](C)c2ccc(S(N)(=O)=O)cc2)c1C. The molecule has 8 nitrogen and oxygen atoms in total. The first-order valence-electron chi connectivity index (χ1n) is 9.23. The van der Waals surface area contributed by atoms with Gasteiger partial charge in [0, 0.05) is 0 Å². The third-order valence-corrected chi connectivity index (χ3v) is 7.68. The van der Waals surface area contributed by atoms with Crippen LogP contribution in [0.2, 0.25) is 0 Å². The molecule has 0 saturated carbocycles. The van der Waals surface area contributed by atoms with Crippen LogP contribution in [0.4, 0.5) is 0 Å². The van der Waals surface area contributed by atoms with Crippen molar-refractivity contribution in [3.63, 3.8) is 0 Å². The van der Waals surface area contributed by atoms with E-state index >= 15 is 0 Å². The van der Waals surface area contributed by atoms with Crippen molar-refractivity contribution in [3.05, 3.63) is 58.1 Å². The summed E-state index contributed by atoms with van der Waals surface area (Å²) in [6.45, 7) is 8.45. The molecule has 0 spiro atoms. The minimum Gasteiger partial charge on any atom is -0.348 e. The van der Waals surface area contributed by atoms with Gasteiger partial charge in [-0.3, -0.25) is 4.79 Å². The van der Waals surface area contributed by atoms with Gasteiger partial charge in [0.1, 0.15) is 0 Å². The van der Waals surface area contributed by atoms with E-state index in [-0.39, 0.29) is 9.79 Å². The molecule has 164 valence electrons. The molecule has 30 heavy (non-hydrogen) atoms. The summed E-state index contributed by atoms with van der Waals surface area (Å²) in [6, 6.07) is 7.25. The molecule has 1 amide bonds. The van der Waals surface area contributed by atoms with Crippen molar-refractivity contribution in [3.8, 4) is 0 Å². The van der Waals surface area contributed by atoms with Crippen molar-refractivity contribution >= 4 is 26.0 Å². The fourth-order valence-corrected chi connectivity index (χ4v) is 5.25. The van der Waals surface area contributed by atoms with Gasteiger partial charge in [0.05, 0.1) is 22.4 Å². The minimum atomic E-state index is -3.88. The molecule has 0 saturated heterocycles. The van der Waals surface area contributed by atoms with Gasteiger partial charge in [-0.15, -0.1) is 0 Å². The third kappa shape index (κ3) is 5.45. The summed E-state index contributed by atoms with van der Waals surface area (Å²) >= 11 is 0. The Hall–Kier alpha value is -2.27. The quantitative estimate of drug-likeness (QED) is 0.587. The smallest absolute Gasteiger partial charge is 0.241 e. The first kappa shape index (κ1) is 24.0. The number of aryl methyl sites for hydroxylation is 2. The molecular weight excluding hydrogens is 426 g/mol. The van der Waals surface area contributed by atoms with E-state index < -0.39 is 38.5 Å². The van der Waals surface area contributed by atoms with Gasteiger partial charge in [-0.1, -0.05) is 18.2 Å². The van der Waals surface area contributed by atoms with E-state index in [0.717, 1.165) is 11.1 Å². The molecule has 0 fully saturated rings. The number of nitrogens with two attached hydrogens (primary N) is 1. The summed E-state index contributed by atoms with van der Waals surface area (Å²) in [4.78, 5) is 12.4. The Balaban J connectivity index is 2.09. The Bertz CT molecular complexity index is 1150. The second-order valence-corrected chi connectivity index (χ2v) is 10.6. The van der Waals surface area contributed by atoms with Crippen molar-refractivity contribution < 1.29 is 21.6 Å². The van der Waals surface area contributed by atoms with Crippen LogP contribution in [0.15, 0.2) is 40.1 Å². The lowest BCUT2D eigenvalue weighted by molar-refractivity contribution is -0.120. The van der Waals surface area contributed by atoms with Crippen LogP contribution in [0, 0.1) is 27.7 Å². The summed E-state index contributed by atoms with van der Waals surface area (Å²) in [7, 11) is -7.67. The van der Waals surface area contributed by atoms with E-state index in [1.807, 2.05) is 19.9 Å². The van der Waals surface area contributed by atoms with Crippen LogP contribution in [0.5, 0.6) is 0 Å². The van der Waals surface area contributed by atoms with Crippen LogP contribution in [0.3, 0.4) is 0 Å². The number of nitrogens with one attached hydrogen (secondary N) is 2. The highest BCUT2D eigenvalue weighted by molar-refractivity contribution is 7.89. The molecule has 2 aromatic carbocycles. The van der Waals surface area contributed by atoms with E-state index in [0.29, 0.717) is 16.7 Å². The number of carbonyl (C=O) groups is 1. The van der Waals surface area contributed by atoms with Crippen LogP contribution in [-0.2, 0) is 24.8 Å². The predicted octanol–water partition coefficient (Wildman–Crippen LogP) is 1.72. The zero-order chi connectivity index (χ0) is 22.9. The van der Waals surface area contributed by atoms with Gasteiger partial charge >= 0.3 is 0 Å². The maximum atomic E-state index is 12.8. The molecule has 0 aromatic heterocycles. The van der Waals surface area contributed by atoms with E-state index in [2.05, 4.69) is 10.0 Å². The van der Waals surface area contributed by atoms with Crippen molar-refractivity contribution in [2.75, 3.05) is 6.54 Å². The standard InChI is InChI=1S/C20H27N3O5S2/c1-12-10-13(2)15(4)20(14(12)3)30(27,28)22-11-19(24)23-16(5)17-6-8-18(9-7-17)29(21,25)26/h6-10,16,22H,11H2,1-5H3,(H,23,24)(H2,21,25,26)/t16-/m0/s1. The lowest BCUT2D eigenvalue weighted by atomic mass is 10.0. The molecular formula is C20H27N3O5S2. The molecule has 2 aromatic rings. The lowest BCUT2D eigenvalue weighted by Crippen LogP contribution is -2.38. The molecule has 2 rings (SSSR count). The molecule has 0 radical (unpaired) electrons. The number of hydrogen-bond donors (Lipinski definition) is 3. The molecule has 10 heteroatoms. The normalized spacial score (nSPS) is 13.1. The largest absolute Gasteiger partial charge is 0.348 e. The highest BCUT2D eigenvalue weighted by Crippen LogP contribution is 2.25. The van der Waals surface area contributed by atoms with Gasteiger partial charge < -0.3 is 5.32 Å². The topological polar surface area (TPSA) is 135 Å². The van der Waals surface area contributed by atoms with E-state index in [1.165, 1.54) is 24.3 Å². The first-order chi connectivity index (χ1) is 13.7. The summed E-state index contributed by atoms with van der Waals surface area (Å²) in [5, 5.41) is 7.75. The molecule has 0 bridgehead atoms. The van der Waals surface area contributed by atoms with Crippen molar-refractivity contribution in [2.45, 2.75) is 50.5 Å². The summed E-state index contributed by atoms with van der Waals surface area (Å²) in [5.41, 5.74) is 3.67. The number of sulfonamides is 2. The predicted molar refractivity (Wildman–Crippen MR) is 115 cm³/mol. The zero-order valence-electron chi connectivity index (χ0n) is 17.6. The number of amides is 1. The third-order valence-electron chi connectivity index (χ3n) is 5.07. The Kier molecular flexibility index (Phi) is 7.08.